The lowest BCUT2D eigenvalue weighted by molar-refractivity contribution is 0.0589. The van der Waals surface area contributed by atoms with E-state index in [0.717, 1.165) is 12.1 Å². The largest absolute Gasteiger partial charge is 0.443 e. The second-order valence-electron chi connectivity index (χ2n) is 7.45. The van der Waals surface area contributed by atoms with E-state index in [9.17, 15) is 14.0 Å². The zero-order valence-corrected chi connectivity index (χ0v) is 15.0. The Morgan fingerprint density at radius 2 is 1.93 bits per heavy atom. The molecule has 0 spiro atoms. The van der Waals surface area contributed by atoms with E-state index in [1.165, 1.54) is 18.5 Å². The Labute approximate surface area is 160 Å². The molecule has 2 aromatic heterocycles. The van der Waals surface area contributed by atoms with Crippen LogP contribution in [0.5, 0.6) is 0 Å². The fourth-order valence-electron chi connectivity index (χ4n) is 4.42. The zero-order valence-electron chi connectivity index (χ0n) is 15.0. The Balaban J connectivity index is 1.45. The number of hydrogen-bond donors (Lipinski definition) is 0. The van der Waals surface area contributed by atoms with Crippen LogP contribution in [0.1, 0.15) is 28.5 Å². The molecule has 2 aliphatic heterocycles. The third kappa shape index (κ3) is 2.74. The third-order valence-electron chi connectivity index (χ3n) is 5.64. The fraction of sp³-hybridized carbons (Fsp3) is 0.286. The van der Waals surface area contributed by atoms with Gasteiger partial charge in [-0.05, 0) is 42.7 Å². The van der Waals surface area contributed by atoms with Gasteiger partial charge in [-0.1, -0.05) is 6.07 Å². The SMILES string of the molecule is O=C(c1ncoc1-c1ccc(F)cc1)N1C[C@H]2C[C@H](C1)c1cccc(=O)n1C2. The number of rotatable bonds is 2. The average molecular weight is 379 g/mol. The average Bonchev–Trinajstić information content (AvgIpc) is 3.18. The van der Waals surface area contributed by atoms with E-state index in [4.69, 9.17) is 4.42 Å². The normalized spacial score (nSPS) is 20.7. The van der Waals surface area contributed by atoms with E-state index < -0.39 is 0 Å². The molecule has 3 aromatic rings. The highest BCUT2D eigenvalue weighted by Crippen LogP contribution is 2.36. The number of carbonyl (C=O) groups excluding carboxylic acids is 1. The van der Waals surface area contributed by atoms with Crippen LogP contribution < -0.4 is 5.56 Å². The van der Waals surface area contributed by atoms with E-state index in [1.807, 2.05) is 10.6 Å². The number of halogens is 1. The molecule has 1 amide bonds. The molecular formula is C21H18FN3O3. The van der Waals surface area contributed by atoms with E-state index in [2.05, 4.69) is 4.98 Å². The summed E-state index contributed by atoms with van der Waals surface area (Å²) < 4.78 is 20.5. The lowest BCUT2D eigenvalue weighted by Gasteiger charge is -2.42. The summed E-state index contributed by atoms with van der Waals surface area (Å²) >= 11 is 0. The van der Waals surface area contributed by atoms with Crippen molar-refractivity contribution >= 4 is 5.91 Å². The molecule has 6 nitrogen and oxygen atoms in total. The number of likely N-dealkylation sites (tertiary alicyclic amines) is 1. The van der Waals surface area contributed by atoms with Crippen LogP contribution in [0.3, 0.4) is 0 Å². The molecule has 2 bridgehead atoms. The highest BCUT2D eigenvalue weighted by atomic mass is 19.1. The molecule has 4 heterocycles. The Hall–Kier alpha value is -3.22. The molecule has 2 aliphatic rings. The van der Waals surface area contributed by atoms with Gasteiger partial charge in [-0.25, -0.2) is 9.37 Å². The van der Waals surface area contributed by atoms with E-state index in [0.29, 0.717) is 31.0 Å². The predicted molar refractivity (Wildman–Crippen MR) is 99.4 cm³/mol. The zero-order chi connectivity index (χ0) is 19.3. The maximum atomic E-state index is 13.2. The number of amides is 1. The van der Waals surface area contributed by atoms with Crippen LogP contribution in [-0.2, 0) is 6.54 Å². The smallest absolute Gasteiger partial charge is 0.276 e. The van der Waals surface area contributed by atoms with Crippen molar-refractivity contribution in [2.75, 3.05) is 13.1 Å². The summed E-state index contributed by atoms with van der Waals surface area (Å²) in [5, 5.41) is 0. The second-order valence-corrected chi connectivity index (χ2v) is 7.45. The molecule has 142 valence electrons. The number of hydrogen-bond acceptors (Lipinski definition) is 4. The van der Waals surface area contributed by atoms with Crippen molar-refractivity contribution in [1.82, 2.24) is 14.5 Å². The molecule has 28 heavy (non-hydrogen) atoms. The van der Waals surface area contributed by atoms with Crippen LogP contribution in [0.15, 0.2) is 58.1 Å². The monoisotopic (exact) mass is 379 g/mol. The Morgan fingerprint density at radius 1 is 1.11 bits per heavy atom. The molecule has 2 atom stereocenters. The summed E-state index contributed by atoms with van der Waals surface area (Å²) in [6.07, 6.45) is 2.21. The summed E-state index contributed by atoms with van der Waals surface area (Å²) in [6.45, 7) is 1.74. The molecule has 1 fully saturated rings. The number of benzene rings is 1. The third-order valence-corrected chi connectivity index (χ3v) is 5.64. The molecule has 0 aliphatic carbocycles. The summed E-state index contributed by atoms with van der Waals surface area (Å²) in [6, 6.07) is 11.1. The van der Waals surface area contributed by atoms with Crippen molar-refractivity contribution in [2.45, 2.75) is 18.9 Å². The number of piperidine rings is 1. The molecule has 0 unspecified atom stereocenters. The van der Waals surface area contributed by atoms with Gasteiger partial charge < -0.3 is 13.9 Å². The molecule has 0 N–H and O–H groups in total. The van der Waals surface area contributed by atoms with Gasteiger partial charge in [0, 0.05) is 42.9 Å². The molecule has 1 aromatic carbocycles. The van der Waals surface area contributed by atoms with Gasteiger partial charge in [0.1, 0.15) is 5.82 Å². The first-order chi connectivity index (χ1) is 13.6. The van der Waals surface area contributed by atoms with Crippen LogP contribution in [0.25, 0.3) is 11.3 Å². The predicted octanol–water partition coefficient (Wildman–Crippen LogP) is 2.90. The van der Waals surface area contributed by atoms with Crippen LogP contribution in [0, 0.1) is 11.7 Å². The van der Waals surface area contributed by atoms with E-state index in [1.54, 1.807) is 29.2 Å². The maximum absolute atomic E-state index is 13.2. The highest BCUT2D eigenvalue weighted by Gasteiger charge is 2.37. The van der Waals surface area contributed by atoms with Gasteiger partial charge in [0.25, 0.3) is 11.5 Å². The molecule has 0 saturated carbocycles. The van der Waals surface area contributed by atoms with Gasteiger partial charge in [0.15, 0.2) is 17.8 Å². The molecular weight excluding hydrogens is 361 g/mol. The number of nitrogens with zero attached hydrogens (tertiary/aromatic N) is 3. The molecule has 7 heteroatoms. The fourth-order valence-corrected chi connectivity index (χ4v) is 4.42. The van der Waals surface area contributed by atoms with Crippen molar-refractivity contribution < 1.29 is 13.6 Å². The lowest BCUT2D eigenvalue weighted by Crippen LogP contribution is -2.49. The van der Waals surface area contributed by atoms with Gasteiger partial charge in [-0.3, -0.25) is 9.59 Å². The van der Waals surface area contributed by atoms with Crippen LogP contribution >= 0.6 is 0 Å². The highest BCUT2D eigenvalue weighted by molar-refractivity contribution is 5.97. The topological polar surface area (TPSA) is 68.3 Å². The number of pyridine rings is 1. The van der Waals surface area contributed by atoms with Crippen molar-refractivity contribution in [2.24, 2.45) is 5.92 Å². The first-order valence-corrected chi connectivity index (χ1v) is 9.28. The summed E-state index contributed by atoms with van der Waals surface area (Å²) in [5.41, 5.74) is 1.84. The van der Waals surface area contributed by atoms with Gasteiger partial charge in [0.2, 0.25) is 0 Å². The van der Waals surface area contributed by atoms with Crippen LogP contribution in [-0.4, -0.2) is 33.4 Å². The summed E-state index contributed by atoms with van der Waals surface area (Å²) in [4.78, 5) is 31.3. The van der Waals surface area contributed by atoms with Gasteiger partial charge in [-0.15, -0.1) is 0 Å². The maximum Gasteiger partial charge on any atom is 0.276 e. The van der Waals surface area contributed by atoms with Crippen molar-refractivity contribution in [1.29, 1.82) is 0 Å². The molecule has 0 radical (unpaired) electrons. The number of oxazole rings is 1. The Morgan fingerprint density at radius 3 is 2.75 bits per heavy atom. The van der Waals surface area contributed by atoms with E-state index >= 15 is 0 Å². The summed E-state index contributed by atoms with van der Waals surface area (Å²) in [5.74, 6) is 0.156. The molecule has 1 saturated heterocycles. The van der Waals surface area contributed by atoms with Gasteiger partial charge >= 0.3 is 0 Å². The number of carbonyl (C=O) groups is 1. The minimum Gasteiger partial charge on any atom is -0.443 e. The number of aromatic nitrogens is 2. The van der Waals surface area contributed by atoms with E-state index in [-0.39, 0.29) is 34.8 Å². The minimum absolute atomic E-state index is 0.0158. The van der Waals surface area contributed by atoms with Crippen LogP contribution in [0.4, 0.5) is 4.39 Å². The minimum atomic E-state index is -0.353. The first-order valence-electron chi connectivity index (χ1n) is 9.28. The second kappa shape index (κ2) is 6.44. The number of fused-ring (bicyclic) bond motifs is 4. The summed E-state index contributed by atoms with van der Waals surface area (Å²) in [7, 11) is 0. The quantitative estimate of drug-likeness (QED) is 0.687. The molecule has 5 rings (SSSR count). The Kier molecular flexibility index (Phi) is 3.89. The van der Waals surface area contributed by atoms with Crippen LogP contribution in [0.2, 0.25) is 0 Å². The standard InChI is InChI=1S/C21H18FN3O3/c22-16-6-4-14(5-7-16)20-19(23-12-28-20)21(27)24-9-13-8-15(11-24)17-2-1-3-18(26)25(17)10-13/h1-7,12-13,15H,8-11H2/t13-,15-/m1/s1. The van der Waals surface area contributed by atoms with Crippen molar-refractivity contribution in [3.8, 4) is 11.3 Å². The first kappa shape index (κ1) is 16.9. The van der Waals surface area contributed by atoms with Gasteiger partial charge in [0.05, 0.1) is 0 Å². The lowest BCUT2D eigenvalue weighted by atomic mass is 9.83. The van der Waals surface area contributed by atoms with Crippen molar-refractivity contribution in [3.63, 3.8) is 0 Å². The van der Waals surface area contributed by atoms with Crippen molar-refractivity contribution in [3.05, 3.63) is 76.4 Å². The van der Waals surface area contributed by atoms with Gasteiger partial charge in [-0.2, -0.15) is 0 Å². The Bertz CT molecular complexity index is 1100.